The lowest BCUT2D eigenvalue weighted by atomic mass is 9.93. The lowest BCUT2D eigenvalue weighted by Crippen LogP contribution is -2.28. The summed E-state index contributed by atoms with van der Waals surface area (Å²) in [4.78, 5) is 21.0. The second kappa shape index (κ2) is 7.98. The molecule has 1 aliphatic rings. The normalized spacial score (nSPS) is 17.5. The van der Waals surface area contributed by atoms with E-state index < -0.39 is 0 Å². The number of hydrogen-bond donors (Lipinski definition) is 2. The summed E-state index contributed by atoms with van der Waals surface area (Å²) in [5, 5.41) is 10.7. The highest BCUT2D eigenvalue weighted by atomic mass is 19.1. The summed E-state index contributed by atoms with van der Waals surface area (Å²) in [5.41, 5.74) is 2.45. The molecule has 5 rings (SSSR count). The molecule has 7 nitrogen and oxygen atoms in total. The molecule has 0 spiro atoms. The largest absolute Gasteiger partial charge is 0.347 e. The van der Waals surface area contributed by atoms with Crippen LogP contribution in [0, 0.1) is 5.82 Å². The molecule has 1 amide bonds. The van der Waals surface area contributed by atoms with Crippen LogP contribution in [0.25, 0.3) is 0 Å². The Morgan fingerprint density at radius 3 is 2.58 bits per heavy atom. The Labute approximate surface area is 178 Å². The highest BCUT2D eigenvalue weighted by Gasteiger charge is 2.31. The Balaban J connectivity index is 1.49. The van der Waals surface area contributed by atoms with Crippen molar-refractivity contribution in [3.8, 4) is 0 Å². The van der Waals surface area contributed by atoms with Crippen LogP contribution in [0.2, 0.25) is 0 Å². The molecule has 2 atom stereocenters. The van der Waals surface area contributed by atoms with Crippen molar-refractivity contribution in [2.24, 2.45) is 0 Å². The van der Waals surface area contributed by atoms with E-state index in [1.54, 1.807) is 35.1 Å². The standard InChI is InChI=1S/C23H19FN6O/c24-18-10-8-16(9-11-18)20-13-19(15-5-2-1-3-6-15)26-23-28-22(29-30(20)23)27-21(31)17-7-4-12-25-14-17/h1-12,14,19-20H,13H2,(H2,26,27,28,29,31)/t19-,20+/m0/s1. The van der Waals surface area contributed by atoms with Crippen molar-refractivity contribution in [2.45, 2.75) is 18.5 Å². The molecular weight excluding hydrogens is 395 g/mol. The number of halogens is 1. The van der Waals surface area contributed by atoms with Crippen molar-refractivity contribution >= 4 is 17.8 Å². The number of rotatable bonds is 4. The Kier molecular flexibility index (Phi) is 4.87. The van der Waals surface area contributed by atoms with E-state index >= 15 is 0 Å². The molecule has 31 heavy (non-hydrogen) atoms. The van der Waals surface area contributed by atoms with Crippen molar-refractivity contribution in [3.63, 3.8) is 0 Å². The van der Waals surface area contributed by atoms with E-state index in [1.807, 2.05) is 18.2 Å². The van der Waals surface area contributed by atoms with Crippen molar-refractivity contribution in [2.75, 3.05) is 10.6 Å². The van der Waals surface area contributed by atoms with Crippen LogP contribution < -0.4 is 10.6 Å². The molecule has 0 bridgehead atoms. The number of carbonyl (C=O) groups is 1. The zero-order chi connectivity index (χ0) is 21.2. The number of amides is 1. The van der Waals surface area contributed by atoms with Gasteiger partial charge in [-0.05, 0) is 41.8 Å². The monoisotopic (exact) mass is 414 g/mol. The van der Waals surface area contributed by atoms with Gasteiger partial charge >= 0.3 is 0 Å². The van der Waals surface area contributed by atoms with Crippen LogP contribution in [0.4, 0.5) is 16.3 Å². The van der Waals surface area contributed by atoms with Crippen molar-refractivity contribution < 1.29 is 9.18 Å². The Morgan fingerprint density at radius 2 is 1.84 bits per heavy atom. The molecule has 0 fully saturated rings. The molecule has 0 radical (unpaired) electrons. The van der Waals surface area contributed by atoms with E-state index in [9.17, 15) is 9.18 Å². The lowest BCUT2D eigenvalue weighted by molar-refractivity contribution is 0.102. The molecule has 4 aromatic rings. The summed E-state index contributed by atoms with van der Waals surface area (Å²) in [6.45, 7) is 0. The van der Waals surface area contributed by atoms with E-state index in [-0.39, 0.29) is 29.8 Å². The fourth-order valence-corrected chi connectivity index (χ4v) is 3.77. The van der Waals surface area contributed by atoms with Gasteiger partial charge in [0.15, 0.2) is 0 Å². The number of fused-ring (bicyclic) bond motifs is 1. The third-order valence-corrected chi connectivity index (χ3v) is 5.29. The number of nitrogens with one attached hydrogen (secondary N) is 2. The van der Waals surface area contributed by atoms with Crippen molar-refractivity contribution in [1.29, 1.82) is 0 Å². The second-order valence-electron chi connectivity index (χ2n) is 7.31. The third kappa shape index (κ3) is 3.87. The third-order valence-electron chi connectivity index (χ3n) is 5.29. The molecule has 2 aromatic heterocycles. The van der Waals surface area contributed by atoms with Gasteiger partial charge in [0.1, 0.15) is 5.82 Å². The summed E-state index contributed by atoms with van der Waals surface area (Å²) in [7, 11) is 0. The van der Waals surface area contributed by atoms with Gasteiger partial charge in [-0.15, -0.1) is 5.10 Å². The van der Waals surface area contributed by atoms with Crippen molar-refractivity contribution in [1.82, 2.24) is 19.7 Å². The molecule has 8 heteroatoms. The first-order valence-corrected chi connectivity index (χ1v) is 9.92. The summed E-state index contributed by atoms with van der Waals surface area (Å²) in [5.74, 6) is 0.0996. The molecule has 0 saturated carbocycles. The Hall–Kier alpha value is -4.07. The van der Waals surface area contributed by atoms with E-state index in [2.05, 4.69) is 37.8 Å². The first-order valence-electron chi connectivity index (χ1n) is 9.92. The fraction of sp³-hybridized carbons (Fsp3) is 0.130. The van der Waals surface area contributed by atoms with Crippen molar-refractivity contribution in [3.05, 3.63) is 102 Å². The molecular formula is C23H19FN6O. The van der Waals surface area contributed by atoms with Crippen LogP contribution in [0.5, 0.6) is 0 Å². The molecule has 3 heterocycles. The van der Waals surface area contributed by atoms with E-state index in [4.69, 9.17) is 0 Å². The average molecular weight is 414 g/mol. The highest BCUT2D eigenvalue weighted by Crippen LogP contribution is 2.38. The molecule has 2 N–H and O–H groups in total. The van der Waals surface area contributed by atoms with E-state index in [0.717, 1.165) is 11.1 Å². The zero-order valence-corrected chi connectivity index (χ0v) is 16.4. The number of nitrogens with zero attached hydrogens (tertiary/aromatic N) is 4. The van der Waals surface area contributed by atoms with Crippen LogP contribution in [0.3, 0.4) is 0 Å². The van der Waals surface area contributed by atoms with Gasteiger partial charge in [0.2, 0.25) is 5.95 Å². The van der Waals surface area contributed by atoms with Crippen LogP contribution in [0.1, 0.15) is 40.0 Å². The maximum atomic E-state index is 13.5. The summed E-state index contributed by atoms with van der Waals surface area (Å²) in [6.07, 6.45) is 3.78. The SMILES string of the molecule is O=C(Nc1nc2n(n1)[C@@H](c1ccc(F)cc1)C[C@@H](c1ccccc1)N2)c1cccnc1. The van der Waals surface area contributed by atoms with Gasteiger partial charge in [-0.25, -0.2) is 9.07 Å². The highest BCUT2D eigenvalue weighted by molar-refractivity contribution is 6.03. The summed E-state index contributed by atoms with van der Waals surface area (Å²) < 4.78 is 15.2. The van der Waals surface area contributed by atoms with Gasteiger partial charge in [-0.3, -0.25) is 15.1 Å². The molecule has 2 aromatic carbocycles. The van der Waals surface area contributed by atoms with Gasteiger partial charge in [0.25, 0.3) is 11.9 Å². The topological polar surface area (TPSA) is 84.7 Å². The number of pyridine rings is 1. The quantitative estimate of drug-likeness (QED) is 0.523. The van der Waals surface area contributed by atoms with Gasteiger partial charge in [0, 0.05) is 12.4 Å². The predicted octanol–water partition coefficient (Wildman–Crippen LogP) is 4.21. The van der Waals surface area contributed by atoms with Gasteiger partial charge in [-0.1, -0.05) is 42.5 Å². The molecule has 0 unspecified atom stereocenters. The maximum absolute atomic E-state index is 13.5. The maximum Gasteiger partial charge on any atom is 0.259 e. The Morgan fingerprint density at radius 1 is 1.03 bits per heavy atom. The van der Waals surface area contributed by atoms with Crippen LogP contribution in [0.15, 0.2) is 79.1 Å². The van der Waals surface area contributed by atoms with Gasteiger partial charge in [-0.2, -0.15) is 4.98 Å². The first-order chi connectivity index (χ1) is 15.2. The molecule has 0 aliphatic carbocycles. The van der Waals surface area contributed by atoms with E-state index in [1.165, 1.54) is 18.3 Å². The summed E-state index contributed by atoms with van der Waals surface area (Å²) >= 11 is 0. The first kappa shape index (κ1) is 18.9. The minimum Gasteiger partial charge on any atom is -0.347 e. The molecule has 1 aliphatic heterocycles. The minimum atomic E-state index is -0.339. The summed E-state index contributed by atoms with van der Waals surface area (Å²) in [6, 6.07) is 19.6. The average Bonchev–Trinajstić information content (AvgIpc) is 3.22. The number of carbonyl (C=O) groups excluding carboxylic acids is 1. The zero-order valence-electron chi connectivity index (χ0n) is 16.4. The molecule has 154 valence electrons. The van der Waals surface area contributed by atoms with Gasteiger partial charge < -0.3 is 5.32 Å². The fourth-order valence-electron chi connectivity index (χ4n) is 3.77. The minimum absolute atomic E-state index is 0.00479. The van der Waals surface area contributed by atoms with Crippen LogP contribution >= 0.6 is 0 Å². The lowest BCUT2D eigenvalue weighted by Gasteiger charge is -2.31. The van der Waals surface area contributed by atoms with Gasteiger partial charge in [0.05, 0.1) is 17.6 Å². The van der Waals surface area contributed by atoms with Crippen LogP contribution in [-0.2, 0) is 0 Å². The number of hydrogen-bond acceptors (Lipinski definition) is 5. The Bertz CT molecular complexity index is 1190. The second-order valence-corrected chi connectivity index (χ2v) is 7.31. The van der Waals surface area contributed by atoms with E-state index in [0.29, 0.717) is 17.9 Å². The molecule has 0 saturated heterocycles. The number of anilines is 2. The number of benzene rings is 2. The number of aromatic nitrogens is 4. The smallest absolute Gasteiger partial charge is 0.259 e. The van der Waals surface area contributed by atoms with Crippen LogP contribution in [-0.4, -0.2) is 25.7 Å². The predicted molar refractivity (Wildman–Crippen MR) is 114 cm³/mol.